The number of aliphatic carboxylic acids is 1. The molecule has 51 heavy (non-hydrogen) atoms. The van der Waals surface area contributed by atoms with Crippen LogP contribution in [0, 0.1) is 28.6 Å². The summed E-state index contributed by atoms with van der Waals surface area (Å²) in [5, 5.41) is 26.6. The molecule has 4 aliphatic carbocycles. The van der Waals surface area contributed by atoms with Gasteiger partial charge in [-0.1, -0.05) is 56.2 Å². The van der Waals surface area contributed by atoms with Gasteiger partial charge in [0.25, 0.3) is 0 Å². The molecule has 278 valence electrons. The number of nitrogens with one attached hydrogen (secondary N) is 2. The lowest BCUT2D eigenvalue weighted by atomic mass is 9.46. The number of amides is 2. The molecule has 1 aromatic rings. The predicted molar refractivity (Wildman–Crippen MR) is 188 cm³/mol. The Kier molecular flexibility index (Phi) is 12.2. The second-order valence-corrected chi connectivity index (χ2v) is 15.7. The third-order valence-corrected chi connectivity index (χ3v) is 12.8. The minimum absolute atomic E-state index is 0.000793. The number of ether oxygens (including phenoxy) is 1. The summed E-state index contributed by atoms with van der Waals surface area (Å²) in [5.74, 6) is -1.69. The molecule has 0 unspecified atom stereocenters. The van der Waals surface area contributed by atoms with Gasteiger partial charge in [-0.05, 0) is 92.6 Å². The second-order valence-electron chi connectivity index (χ2n) is 15.7. The monoisotopic (exact) mass is 706 g/mol. The quantitative estimate of drug-likeness (QED) is 0.141. The van der Waals surface area contributed by atoms with Crippen LogP contribution in [0.4, 0.5) is 0 Å². The number of carboxylic acids is 1. The van der Waals surface area contributed by atoms with Gasteiger partial charge >= 0.3 is 11.9 Å². The molecule has 4 N–H and O–H groups in total. The molecule has 0 saturated heterocycles. The highest BCUT2D eigenvalue weighted by Crippen LogP contribution is 2.67. The van der Waals surface area contributed by atoms with Gasteiger partial charge in [-0.2, -0.15) is 0 Å². The van der Waals surface area contributed by atoms with E-state index in [4.69, 9.17) is 4.74 Å². The number of aliphatic hydroxyl groups is 1. The summed E-state index contributed by atoms with van der Waals surface area (Å²) in [4.78, 5) is 74.2. The molecule has 5 rings (SSSR count). The van der Waals surface area contributed by atoms with Gasteiger partial charge in [0.05, 0.1) is 6.42 Å². The molecular weight excluding hydrogens is 652 g/mol. The van der Waals surface area contributed by atoms with E-state index in [2.05, 4.69) is 17.6 Å². The van der Waals surface area contributed by atoms with Gasteiger partial charge in [0.1, 0.15) is 11.6 Å². The second kappa shape index (κ2) is 16.2. The van der Waals surface area contributed by atoms with Gasteiger partial charge in [0.2, 0.25) is 17.6 Å². The van der Waals surface area contributed by atoms with Crippen LogP contribution in [0.25, 0.3) is 0 Å². The van der Waals surface area contributed by atoms with Crippen molar-refractivity contribution in [3.63, 3.8) is 0 Å². The van der Waals surface area contributed by atoms with Crippen LogP contribution in [-0.4, -0.2) is 70.3 Å². The molecule has 0 aromatic heterocycles. The van der Waals surface area contributed by atoms with Crippen LogP contribution in [0.15, 0.2) is 42.0 Å². The zero-order chi connectivity index (χ0) is 36.8. The van der Waals surface area contributed by atoms with E-state index in [0.29, 0.717) is 56.9 Å². The van der Waals surface area contributed by atoms with E-state index in [9.17, 15) is 39.0 Å². The standard InChI is InChI=1S/C40H54N2O9/c1-38-19-16-28(43)24-27(38)12-13-29-30(38)17-20-39(2)31(29)18-21-40(39,50)33(44)25-51-36(47)15-14-34(45)41-22-8-4-7-11-35(46)42-32(37(48)49)23-26-9-5-3-6-10-26/h3,5-6,9-10,24,29-32,50H,4,7-8,11-23,25H2,1-2H3,(H,41,45)(H,42,46)(H,48,49)/t29-,30-,31+,32-,38-,39+,40-/m0/s1. The Labute approximate surface area is 300 Å². The number of carboxylic acid groups (broad SMARTS) is 1. The predicted octanol–water partition coefficient (Wildman–Crippen LogP) is 4.63. The highest BCUT2D eigenvalue weighted by atomic mass is 16.5. The van der Waals surface area contributed by atoms with Crippen molar-refractivity contribution < 1.29 is 43.7 Å². The van der Waals surface area contributed by atoms with Crippen LogP contribution in [0.1, 0.15) is 109 Å². The number of esters is 1. The number of rotatable bonds is 16. The first-order valence-electron chi connectivity index (χ1n) is 18.7. The Balaban J connectivity index is 0.970. The lowest BCUT2D eigenvalue weighted by Gasteiger charge is -2.58. The lowest BCUT2D eigenvalue weighted by molar-refractivity contribution is -0.170. The Morgan fingerprint density at radius 3 is 2.37 bits per heavy atom. The zero-order valence-corrected chi connectivity index (χ0v) is 30.0. The van der Waals surface area contributed by atoms with Crippen LogP contribution in [0.2, 0.25) is 0 Å². The molecule has 11 heteroatoms. The Bertz CT molecular complexity index is 1520. The average Bonchev–Trinajstić information content (AvgIpc) is 3.39. The van der Waals surface area contributed by atoms with Crippen LogP contribution < -0.4 is 10.6 Å². The van der Waals surface area contributed by atoms with Crippen molar-refractivity contribution >= 4 is 35.3 Å². The van der Waals surface area contributed by atoms with E-state index in [0.717, 1.165) is 37.7 Å². The lowest BCUT2D eigenvalue weighted by Crippen LogP contribution is -2.58. The summed E-state index contributed by atoms with van der Waals surface area (Å²) < 4.78 is 5.27. The fraction of sp³-hybridized carbons (Fsp3) is 0.650. The molecule has 11 nitrogen and oxygen atoms in total. The number of ketones is 2. The number of hydrogen-bond acceptors (Lipinski definition) is 8. The molecule has 0 spiro atoms. The largest absolute Gasteiger partial charge is 0.480 e. The highest BCUT2D eigenvalue weighted by Gasteiger charge is 2.66. The number of carbonyl (C=O) groups excluding carboxylic acids is 5. The maximum absolute atomic E-state index is 13.5. The van der Waals surface area contributed by atoms with E-state index in [1.807, 2.05) is 43.3 Å². The fourth-order valence-electron chi connectivity index (χ4n) is 9.81. The summed E-state index contributed by atoms with van der Waals surface area (Å²) in [6, 6.07) is 8.09. The summed E-state index contributed by atoms with van der Waals surface area (Å²) in [6.07, 6.45) is 9.75. The number of Topliss-reactive ketones (excluding diaryl/α,β-unsaturated/α-hetero) is 1. The molecule has 0 heterocycles. The average molecular weight is 707 g/mol. The summed E-state index contributed by atoms with van der Waals surface area (Å²) in [7, 11) is 0. The number of fused-ring (bicyclic) bond motifs is 5. The molecular formula is C40H54N2O9. The normalized spacial score (nSPS) is 30.1. The first kappa shape index (κ1) is 38.4. The van der Waals surface area contributed by atoms with Gasteiger partial charge in [-0.3, -0.25) is 24.0 Å². The molecule has 2 amide bonds. The maximum Gasteiger partial charge on any atom is 0.326 e. The van der Waals surface area contributed by atoms with E-state index in [-0.39, 0.29) is 54.6 Å². The van der Waals surface area contributed by atoms with Crippen LogP contribution in [-0.2, 0) is 39.9 Å². The summed E-state index contributed by atoms with van der Waals surface area (Å²) in [6.45, 7) is 4.17. The van der Waals surface area contributed by atoms with Gasteiger partial charge in [0, 0.05) is 37.6 Å². The van der Waals surface area contributed by atoms with E-state index in [1.54, 1.807) is 0 Å². The maximum atomic E-state index is 13.5. The first-order chi connectivity index (χ1) is 24.3. The van der Waals surface area contributed by atoms with E-state index < -0.39 is 41.4 Å². The third-order valence-electron chi connectivity index (χ3n) is 12.8. The van der Waals surface area contributed by atoms with E-state index in [1.165, 1.54) is 5.57 Å². The Hall–Kier alpha value is -3.86. The van der Waals surface area contributed by atoms with Gasteiger partial charge in [-0.15, -0.1) is 0 Å². The highest BCUT2D eigenvalue weighted by molar-refractivity contribution is 5.92. The Morgan fingerprint density at radius 2 is 1.63 bits per heavy atom. The van der Waals surface area contributed by atoms with Gasteiger partial charge in [-0.25, -0.2) is 4.79 Å². The van der Waals surface area contributed by atoms with Crippen molar-refractivity contribution in [2.45, 2.75) is 122 Å². The van der Waals surface area contributed by atoms with Crippen LogP contribution in [0.5, 0.6) is 0 Å². The number of unbranched alkanes of at least 4 members (excludes halogenated alkanes) is 2. The summed E-state index contributed by atoms with van der Waals surface area (Å²) in [5.41, 5.74) is -0.0751. The molecule has 0 aliphatic heterocycles. The molecule has 3 fully saturated rings. The van der Waals surface area contributed by atoms with Crippen molar-refractivity contribution in [1.29, 1.82) is 0 Å². The molecule has 1 aromatic carbocycles. The van der Waals surface area contributed by atoms with Crippen molar-refractivity contribution in [2.75, 3.05) is 13.2 Å². The number of allylic oxidation sites excluding steroid dienone is 1. The van der Waals surface area contributed by atoms with Crippen LogP contribution >= 0.6 is 0 Å². The molecule has 4 aliphatic rings. The minimum Gasteiger partial charge on any atom is -0.480 e. The van der Waals surface area contributed by atoms with Crippen molar-refractivity contribution in [1.82, 2.24) is 10.6 Å². The van der Waals surface area contributed by atoms with E-state index >= 15 is 0 Å². The van der Waals surface area contributed by atoms with Gasteiger partial charge in [0.15, 0.2) is 12.4 Å². The number of benzene rings is 1. The SMILES string of the molecule is C[C@]12CCC(=O)C=C1CC[C@@H]1[C@H]3CC[C@](O)(C(=O)COC(=O)CCC(=O)NCCCCCC(=O)N[C@@H](Cc4ccccc4)C(=O)O)[C@]3(C)CC[C@@H]12. The minimum atomic E-state index is -1.57. The van der Waals surface area contributed by atoms with Crippen molar-refractivity contribution in [3.05, 3.63) is 47.5 Å². The first-order valence-corrected chi connectivity index (χ1v) is 18.7. The Morgan fingerprint density at radius 1 is 0.882 bits per heavy atom. The van der Waals surface area contributed by atoms with Crippen LogP contribution in [0.3, 0.4) is 0 Å². The smallest absolute Gasteiger partial charge is 0.326 e. The molecule has 0 bridgehead atoms. The number of carbonyl (C=O) groups is 6. The summed E-state index contributed by atoms with van der Waals surface area (Å²) >= 11 is 0. The molecule has 3 saturated carbocycles. The fourth-order valence-corrected chi connectivity index (χ4v) is 9.81. The third kappa shape index (κ3) is 8.45. The zero-order valence-electron chi connectivity index (χ0n) is 30.0. The topological polar surface area (TPSA) is 176 Å². The van der Waals surface area contributed by atoms with Crippen molar-refractivity contribution in [3.8, 4) is 0 Å². The van der Waals surface area contributed by atoms with Gasteiger partial charge < -0.3 is 25.6 Å². The molecule has 7 atom stereocenters. The molecule has 0 radical (unpaired) electrons. The van der Waals surface area contributed by atoms with Crippen molar-refractivity contribution in [2.24, 2.45) is 28.6 Å². The number of hydrogen-bond donors (Lipinski definition) is 4.